The third kappa shape index (κ3) is 3.11. The average Bonchev–Trinajstić information content (AvgIpc) is 2.73. The number of aryl methyl sites for hydroxylation is 1. The number of rotatable bonds is 3. The molecule has 17 heavy (non-hydrogen) atoms. The summed E-state index contributed by atoms with van der Waals surface area (Å²) in [5, 5.41) is 0. The first-order chi connectivity index (χ1) is 8.15. The van der Waals surface area contributed by atoms with E-state index in [-0.39, 0.29) is 5.78 Å². The highest BCUT2D eigenvalue weighted by atomic mass is 32.1. The molecule has 0 radical (unpaired) electrons. The molecule has 86 valence electrons. The average molecular weight is 243 g/mol. The van der Waals surface area contributed by atoms with Gasteiger partial charge in [-0.05, 0) is 50.2 Å². The van der Waals surface area contributed by atoms with Gasteiger partial charge in [0, 0.05) is 21.5 Å². The molecule has 2 aromatic rings. The lowest BCUT2D eigenvalue weighted by Gasteiger charge is -1.95. The lowest BCUT2D eigenvalue weighted by atomic mass is 10.1. The van der Waals surface area contributed by atoms with Crippen LogP contribution in [-0.2, 0) is 0 Å². The molecule has 0 atom stereocenters. The monoisotopic (exact) mass is 243 g/mol. The molecule has 0 unspecified atom stereocenters. The fourth-order valence-electron chi connectivity index (χ4n) is 1.44. The SMILES string of the molecule is CC(=O)c1ccc(N=Cc2ccc(C)s2)cc1. The van der Waals surface area contributed by atoms with Crippen molar-refractivity contribution < 1.29 is 4.79 Å². The van der Waals surface area contributed by atoms with Crippen LogP contribution in [0.2, 0.25) is 0 Å². The lowest BCUT2D eigenvalue weighted by molar-refractivity contribution is 0.101. The van der Waals surface area contributed by atoms with Gasteiger partial charge in [-0.3, -0.25) is 9.79 Å². The topological polar surface area (TPSA) is 29.4 Å². The van der Waals surface area contributed by atoms with Crippen molar-refractivity contribution in [1.29, 1.82) is 0 Å². The summed E-state index contributed by atoms with van der Waals surface area (Å²) in [6, 6.07) is 11.4. The van der Waals surface area contributed by atoms with Crippen molar-refractivity contribution >= 4 is 29.0 Å². The number of hydrogen-bond acceptors (Lipinski definition) is 3. The van der Waals surface area contributed by atoms with Gasteiger partial charge < -0.3 is 0 Å². The van der Waals surface area contributed by atoms with Crippen molar-refractivity contribution in [2.75, 3.05) is 0 Å². The molecule has 3 heteroatoms. The number of ketones is 1. The van der Waals surface area contributed by atoms with Crippen LogP contribution in [0.4, 0.5) is 5.69 Å². The second-order valence-corrected chi connectivity index (χ2v) is 5.13. The number of Topliss-reactive ketones (excluding diaryl/α,β-unsaturated/α-hetero) is 1. The highest BCUT2D eigenvalue weighted by Gasteiger charge is 1.97. The number of hydrogen-bond donors (Lipinski definition) is 0. The fraction of sp³-hybridized carbons (Fsp3) is 0.143. The van der Waals surface area contributed by atoms with E-state index >= 15 is 0 Å². The summed E-state index contributed by atoms with van der Waals surface area (Å²) in [6.07, 6.45) is 1.85. The van der Waals surface area contributed by atoms with Crippen LogP contribution in [0.3, 0.4) is 0 Å². The van der Waals surface area contributed by atoms with Gasteiger partial charge in [0.2, 0.25) is 0 Å². The van der Waals surface area contributed by atoms with Gasteiger partial charge in [-0.25, -0.2) is 0 Å². The van der Waals surface area contributed by atoms with E-state index in [9.17, 15) is 4.79 Å². The van der Waals surface area contributed by atoms with Gasteiger partial charge in [0.15, 0.2) is 5.78 Å². The molecule has 0 saturated heterocycles. The maximum atomic E-state index is 11.1. The van der Waals surface area contributed by atoms with E-state index in [2.05, 4.69) is 18.0 Å². The summed E-state index contributed by atoms with van der Waals surface area (Å²) in [5.74, 6) is 0.0782. The Labute approximate surface area is 105 Å². The van der Waals surface area contributed by atoms with E-state index in [1.165, 1.54) is 4.88 Å². The summed E-state index contributed by atoms with van der Waals surface area (Å²) in [4.78, 5) is 17.9. The Hall–Kier alpha value is -1.74. The van der Waals surface area contributed by atoms with Crippen LogP contribution >= 0.6 is 11.3 Å². The van der Waals surface area contributed by atoms with Crippen molar-refractivity contribution in [2.24, 2.45) is 4.99 Å². The molecule has 0 aliphatic carbocycles. The second kappa shape index (κ2) is 5.06. The largest absolute Gasteiger partial charge is 0.295 e. The first-order valence-corrected chi connectivity index (χ1v) is 6.18. The quantitative estimate of drug-likeness (QED) is 0.591. The standard InChI is InChI=1S/C14H13NOS/c1-10-3-8-14(17-10)9-15-13-6-4-12(5-7-13)11(2)16/h3-9H,1-2H3. The first-order valence-electron chi connectivity index (χ1n) is 5.36. The zero-order valence-electron chi connectivity index (χ0n) is 9.81. The molecule has 0 fully saturated rings. The molecule has 2 rings (SSSR count). The van der Waals surface area contributed by atoms with E-state index < -0.39 is 0 Å². The number of aliphatic imine (C=N–C) groups is 1. The number of nitrogens with zero attached hydrogens (tertiary/aromatic N) is 1. The zero-order valence-corrected chi connectivity index (χ0v) is 10.6. The van der Waals surface area contributed by atoms with Gasteiger partial charge >= 0.3 is 0 Å². The molecule has 1 heterocycles. The van der Waals surface area contributed by atoms with Crippen molar-refractivity contribution in [3.05, 3.63) is 51.7 Å². The van der Waals surface area contributed by atoms with Gasteiger partial charge in [-0.15, -0.1) is 11.3 Å². The third-order valence-corrected chi connectivity index (χ3v) is 3.31. The van der Waals surface area contributed by atoms with E-state index in [0.717, 1.165) is 16.1 Å². The van der Waals surface area contributed by atoms with Gasteiger partial charge in [0.25, 0.3) is 0 Å². The maximum Gasteiger partial charge on any atom is 0.159 e. The Bertz CT molecular complexity index is 552. The molecule has 1 aromatic heterocycles. The summed E-state index contributed by atoms with van der Waals surface area (Å²) >= 11 is 1.71. The van der Waals surface area contributed by atoms with Crippen LogP contribution in [-0.4, -0.2) is 12.0 Å². The van der Waals surface area contributed by atoms with Crippen molar-refractivity contribution in [3.8, 4) is 0 Å². The number of benzene rings is 1. The highest BCUT2D eigenvalue weighted by molar-refractivity contribution is 7.13. The van der Waals surface area contributed by atoms with Crippen molar-refractivity contribution in [3.63, 3.8) is 0 Å². The summed E-state index contributed by atoms with van der Waals surface area (Å²) in [6.45, 7) is 3.64. The van der Waals surface area contributed by atoms with E-state index in [1.54, 1.807) is 30.4 Å². The van der Waals surface area contributed by atoms with Gasteiger partial charge in [-0.2, -0.15) is 0 Å². The third-order valence-electron chi connectivity index (χ3n) is 2.38. The van der Waals surface area contributed by atoms with Gasteiger partial charge in [0.1, 0.15) is 0 Å². The van der Waals surface area contributed by atoms with Gasteiger partial charge in [-0.1, -0.05) is 0 Å². The lowest BCUT2D eigenvalue weighted by Crippen LogP contribution is -1.89. The molecule has 0 spiro atoms. The predicted molar refractivity (Wildman–Crippen MR) is 72.8 cm³/mol. The van der Waals surface area contributed by atoms with E-state index in [1.807, 2.05) is 24.4 Å². The maximum absolute atomic E-state index is 11.1. The number of carbonyl (C=O) groups excluding carboxylic acids is 1. The van der Waals surface area contributed by atoms with E-state index in [4.69, 9.17) is 0 Å². The zero-order chi connectivity index (χ0) is 12.3. The van der Waals surface area contributed by atoms with Crippen LogP contribution in [0, 0.1) is 6.92 Å². The Morgan fingerprint density at radius 1 is 1.18 bits per heavy atom. The molecule has 1 aromatic carbocycles. The Morgan fingerprint density at radius 3 is 2.41 bits per heavy atom. The van der Waals surface area contributed by atoms with Crippen molar-refractivity contribution in [2.45, 2.75) is 13.8 Å². The van der Waals surface area contributed by atoms with Crippen LogP contribution in [0.25, 0.3) is 0 Å². The summed E-state index contributed by atoms with van der Waals surface area (Å²) in [7, 11) is 0. The minimum absolute atomic E-state index is 0.0782. The predicted octanol–water partition coefficient (Wildman–Crippen LogP) is 4.01. The summed E-state index contributed by atoms with van der Waals surface area (Å²) < 4.78 is 0. The summed E-state index contributed by atoms with van der Waals surface area (Å²) in [5.41, 5.74) is 1.58. The minimum atomic E-state index is 0.0782. The molecule has 0 aliphatic heterocycles. The fourth-order valence-corrected chi connectivity index (χ4v) is 2.19. The molecular formula is C14H13NOS. The molecule has 0 aliphatic rings. The molecular weight excluding hydrogens is 230 g/mol. The van der Waals surface area contributed by atoms with Crippen molar-refractivity contribution in [1.82, 2.24) is 0 Å². The molecule has 2 nitrogen and oxygen atoms in total. The normalized spacial score (nSPS) is 10.9. The smallest absolute Gasteiger partial charge is 0.159 e. The van der Waals surface area contributed by atoms with E-state index in [0.29, 0.717) is 0 Å². The van der Waals surface area contributed by atoms with Crippen LogP contribution in [0.1, 0.15) is 27.0 Å². The van der Waals surface area contributed by atoms with Crippen LogP contribution in [0.15, 0.2) is 41.4 Å². The minimum Gasteiger partial charge on any atom is -0.295 e. The van der Waals surface area contributed by atoms with Gasteiger partial charge in [0.05, 0.1) is 5.69 Å². The molecule has 0 N–H and O–H groups in total. The second-order valence-electron chi connectivity index (χ2n) is 3.81. The van der Waals surface area contributed by atoms with Crippen LogP contribution in [0.5, 0.6) is 0 Å². The van der Waals surface area contributed by atoms with Crippen LogP contribution < -0.4 is 0 Å². The Morgan fingerprint density at radius 2 is 1.88 bits per heavy atom. The Kier molecular flexibility index (Phi) is 3.49. The Balaban J connectivity index is 2.13. The first kappa shape index (κ1) is 11.7. The number of carbonyl (C=O) groups is 1. The number of thiophene rings is 1. The molecule has 0 saturated carbocycles. The molecule has 0 amide bonds. The highest BCUT2D eigenvalue weighted by Crippen LogP contribution is 2.16. The molecule has 0 bridgehead atoms.